The highest BCUT2D eigenvalue weighted by atomic mass is 19.1. The summed E-state index contributed by atoms with van der Waals surface area (Å²) in [5.41, 5.74) is 6.56. The van der Waals surface area contributed by atoms with Gasteiger partial charge in [0.05, 0.1) is 6.61 Å². The van der Waals surface area contributed by atoms with Gasteiger partial charge in [-0.15, -0.1) is 0 Å². The average Bonchev–Trinajstić information content (AvgIpc) is 2.71. The third kappa shape index (κ3) is 2.93. The molecule has 0 saturated carbocycles. The zero-order valence-electron chi connectivity index (χ0n) is 14.8. The Kier molecular flexibility index (Phi) is 4.58. The highest BCUT2D eigenvalue weighted by Crippen LogP contribution is 2.52. The number of hydrogen-bond acceptors (Lipinski definition) is 4. The Labute approximate surface area is 161 Å². The molecule has 6 heteroatoms. The molecule has 5 nitrogen and oxygen atoms in total. The summed E-state index contributed by atoms with van der Waals surface area (Å²) in [6.07, 6.45) is 0. The van der Waals surface area contributed by atoms with Crippen molar-refractivity contribution in [2.45, 2.75) is 11.6 Å². The van der Waals surface area contributed by atoms with E-state index < -0.39 is 17.6 Å². The summed E-state index contributed by atoms with van der Waals surface area (Å²) in [7, 11) is 0. The largest absolute Gasteiger partial charge is 0.480 e. The third-order valence-electron chi connectivity index (χ3n) is 4.80. The molecule has 3 aromatic carbocycles. The van der Waals surface area contributed by atoms with Crippen molar-refractivity contribution < 1.29 is 23.8 Å². The van der Waals surface area contributed by atoms with Crippen LogP contribution in [0.25, 0.3) is 0 Å². The van der Waals surface area contributed by atoms with Crippen LogP contribution >= 0.6 is 0 Å². The lowest BCUT2D eigenvalue weighted by Crippen LogP contribution is -2.42. The van der Waals surface area contributed by atoms with Crippen LogP contribution < -0.4 is 10.5 Å². The van der Waals surface area contributed by atoms with Gasteiger partial charge in [-0.1, -0.05) is 48.5 Å². The zero-order valence-corrected chi connectivity index (χ0v) is 14.8. The van der Waals surface area contributed by atoms with Gasteiger partial charge in [0.25, 0.3) is 0 Å². The van der Waals surface area contributed by atoms with Crippen LogP contribution in [0.5, 0.6) is 11.5 Å². The zero-order chi connectivity index (χ0) is 19.7. The molecule has 1 atom stereocenters. The average molecular weight is 379 g/mol. The van der Waals surface area contributed by atoms with E-state index in [1.807, 2.05) is 48.5 Å². The van der Waals surface area contributed by atoms with E-state index in [9.17, 15) is 14.3 Å². The second-order valence-electron chi connectivity index (χ2n) is 6.54. The first-order chi connectivity index (χ1) is 13.5. The fourth-order valence-electron chi connectivity index (χ4n) is 3.48. The highest BCUT2D eigenvalue weighted by Gasteiger charge is 2.45. The topological polar surface area (TPSA) is 81.8 Å². The van der Waals surface area contributed by atoms with Crippen LogP contribution in [0.2, 0.25) is 0 Å². The highest BCUT2D eigenvalue weighted by molar-refractivity contribution is 5.73. The number of carboxylic acid groups (broad SMARTS) is 1. The molecule has 3 N–H and O–H groups in total. The van der Waals surface area contributed by atoms with E-state index in [0.717, 1.165) is 0 Å². The van der Waals surface area contributed by atoms with Gasteiger partial charge in [0.2, 0.25) is 0 Å². The Morgan fingerprint density at radius 1 is 1.00 bits per heavy atom. The molecule has 0 radical (unpaired) electrons. The number of ether oxygens (including phenoxy) is 2. The van der Waals surface area contributed by atoms with E-state index in [-0.39, 0.29) is 12.4 Å². The van der Waals surface area contributed by atoms with Gasteiger partial charge >= 0.3 is 5.97 Å². The molecule has 1 aliphatic rings. The SMILES string of the molecule is N[C@@H](COC1(c2ccc(F)cc2)c2ccccc2Oc2ccccc21)C(=O)O. The molecular weight excluding hydrogens is 361 g/mol. The van der Waals surface area contributed by atoms with Crippen molar-refractivity contribution in [3.8, 4) is 11.5 Å². The van der Waals surface area contributed by atoms with Crippen LogP contribution in [0, 0.1) is 5.82 Å². The summed E-state index contributed by atoms with van der Waals surface area (Å²) in [5, 5.41) is 9.21. The smallest absolute Gasteiger partial charge is 0.322 e. The maximum absolute atomic E-state index is 13.6. The molecule has 0 fully saturated rings. The van der Waals surface area contributed by atoms with Crippen LogP contribution in [0.1, 0.15) is 16.7 Å². The van der Waals surface area contributed by atoms with E-state index in [4.69, 9.17) is 15.2 Å². The number of carboxylic acids is 1. The van der Waals surface area contributed by atoms with E-state index in [1.54, 1.807) is 12.1 Å². The number of para-hydroxylation sites is 2. The maximum Gasteiger partial charge on any atom is 0.322 e. The molecule has 0 amide bonds. The van der Waals surface area contributed by atoms with Crippen molar-refractivity contribution in [2.75, 3.05) is 6.61 Å². The van der Waals surface area contributed by atoms with Crippen LogP contribution in [-0.2, 0) is 15.1 Å². The molecule has 0 aromatic heterocycles. The molecule has 0 aliphatic carbocycles. The maximum atomic E-state index is 13.6. The molecule has 0 saturated heterocycles. The minimum atomic E-state index is -1.21. The summed E-state index contributed by atoms with van der Waals surface area (Å²) in [4.78, 5) is 11.3. The first kappa shape index (κ1) is 18.2. The molecule has 0 unspecified atom stereocenters. The first-order valence-corrected chi connectivity index (χ1v) is 8.77. The van der Waals surface area contributed by atoms with Gasteiger partial charge < -0.3 is 20.3 Å². The van der Waals surface area contributed by atoms with E-state index in [0.29, 0.717) is 28.2 Å². The van der Waals surface area contributed by atoms with Gasteiger partial charge in [-0.2, -0.15) is 0 Å². The molecule has 3 aromatic rings. The molecule has 1 heterocycles. The lowest BCUT2D eigenvalue weighted by molar-refractivity contribution is -0.141. The van der Waals surface area contributed by atoms with E-state index in [2.05, 4.69) is 0 Å². The Balaban J connectivity index is 1.97. The summed E-state index contributed by atoms with van der Waals surface area (Å²) in [5.74, 6) is -0.388. The van der Waals surface area contributed by atoms with Crippen LogP contribution in [0.3, 0.4) is 0 Å². The molecule has 0 bridgehead atoms. The second kappa shape index (κ2) is 7.07. The summed E-state index contributed by atoms with van der Waals surface area (Å²) < 4.78 is 25.9. The number of rotatable bonds is 5. The van der Waals surface area contributed by atoms with Crippen molar-refractivity contribution in [3.63, 3.8) is 0 Å². The molecule has 142 valence electrons. The third-order valence-corrected chi connectivity index (χ3v) is 4.80. The van der Waals surface area contributed by atoms with Gasteiger partial charge in [0.15, 0.2) is 5.60 Å². The van der Waals surface area contributed by atoms with Gasteiger partial charge in [-0.3, -0.25) is 4.79 Å². The van der Waals surface area contributed by atoms with Crippen LogP contribution in [0.4, 0.5) is 4.39 Å². The summed E-state index contributed by atoms with van der Waals surface area (Å²) in [6, 6.07) is 19.4. The van der Waals surface area contributed by atoms with Gasteiger partial charge in [-0.25, -0.2) is 4.39 Å². The standard InChI is InChI=1S/C22H18FNO4/c23-15-11-9-14(10-12-15)22(27-13-18(24)21(25)26)16-5-1-3-7-19(16)28-20-8-4-2-6-17(20)22/h1-12,18H,13,24H2,(H,25,26)/t18-/m0/s1. The van der Waals surface area contributed by atoms with Crippen LogP contribution in [-0.4, -0.2) is 23.7 Å². The van der Waals surface area contributed by atoms with Gasteiger partial charge in [0, 0.05) is 11.1 Å². The Hall–Kier alpha value is -3.22. The minimum absolute atomic E-state index is 0.241. The molecule has 4 rings (SSSR count). The molecule has 28 heavy (non-hydrogen) atoms. The minimum Gasteiger partial charge on any atom is -0.480 e. The van der Waals surface area contributed by atoms with Crippen molar-refractivity contribution in [3.05, 3.63) is 95.3 Å². The van der Waals surface area contributed by atoms with Crippen molar-refractivity contribution >= 4 is 5.97 Å². The molecule has 0 spiro atoms. The van der Waals surface area contributed by atoms with Gasteiger partial charge in [0.1, 0.15) is 23.4 Å². The first-order valence-electron chi connectivity index (χ1n) is 8.77. The predicted molar refractivity (Wildman–Crippen MR) is 101 cm³/mol. The number of halogens is 1. The van der Waals surface area contributed by atoms with Crippen molar-refractivity contribution in [1.29, 1.82) is 0 Å². The Morgan fingerprint density at radius 2 is 1.54 bits per heavy atom. The van der Waals surface area contributed by atoms with E-state index in [1.165, 1.54) is 12.1 Å². The number of aliphatic carboxylic acids is 1. The summed E-state index contributed by atoms with van der Waals surface area (Å²) in [6.45, 7) is -0.241. The van der Waals surface area contributed by atoms with Crippen molar-refractivity contribution in [2.24, 2.45) is 5.73 Å². The number of nitrogens with two attached hydrogens (primary N) is 1. The monoisotopic (exact) mass is 379 g/mol. The normalized spacial score (nSPS) is 15.1. The number of benzene rings is 3. The number of fused-ring (bicyclic) bond motifs is 2. The second-order valence-corrected chi connectivity index (χ2v) is 6.54. The lowest BCUT2D eigenvalue weighted by Gasteiger charge is -2.40. The van der Waals surface area contributed by atoms with E-state index >= 15 is 0 Å². The number of carbonyl (C=O) groups is 1. The fourth-order valence-corrected chi connectivity index (χ4v) is 3.48. The lowest BCUT2D eigenvalue weighted by atomic mass is 9.77. The Bertz CT molecular complexity index is 974. The van der Waals surface area contributed by atoms with Crippen molar-refractivity contribution in [1.82, 2.24) is 0 Å². The quantitative estimate of drug-likeness (QED) is 0.707. The molecular formula is C22H18FNO4. The number of hydrogen-bond donors (Lipinski definition) is 2. The predicted octanol–water partition coefficient (Wildman–Crippen LogP) is 3.65. The summed E-state index contributed by atoms with van der Waals surface area (Å²) >= 11 is 0. The Morgan fingerprint density at radius 3 is 2.07 bits per heavy atom. The van der Waals surface area contributed by atoms with Gasteiger partial charge in [-0.05, 0) is 29.8 Å². The fraction of sp³-hybridized carbons (Fsp3) is 0.136. The van der Waals surface area contributed by atoms with Crippen LogP contribution in [0.15, 0.2) is 72.8 Å². The molecule has 1 aliphatic heterocycles.